The Kier molecular flexibility index (Phi) is 4.59. The van der Waals surface area contributed by atoms with E-state index in [1.807, 2.05) is 0 Å². The second-order valence-electron chi connectivity index (χ2n) is 3.84. The molecule has 0 radical (unpaired) electrons. The van der Waals surface area contributed by atoms with Crippen LogP contribution >= 0.6 is 22.9 Å². The van der Waals surface area contributed by atoms with Crippen molar-refractivity contribution < 1.29 is 13.2 Å². The summed E-state index contributed by atoms with van der Waals surface area (Å²) in [6.07, 6.45) is 1.57. The molecule has 2 heterocycles. The van der Waals surface area contributed by atoms with Crippen molar-refractivity contribution >= 4 is 33.0 Å². The molecule has 2 aromatic heterocycles. The number of halogens is 1. The first-order valence-electron chi connectivity index (χ1n) is 5.54. The smallest absolute Gasteiger partial charge is 0.252 e. The van der Waals surface area contributed by atoms with Gasteiger partial charge in [0.15, 0.2) is 8.68 Å². The van der Waals surface area contributed by atoms with Crippen LogP contribution in [0, 0.1) is 6.92 Å². The minimum absolute atomic E-state index is 0.0777. The van der Waals surface area contributed by atoms with Gasteiger partial charge in [-0.3, -0.25) is 0 Å². The summed E-state index contributed by atoms with van der Waals surface area (Å²) < 4.78 is 32.2. The Morgan fingerprint density at radius 3 is 2.85 bits per heavy atom. The van der Waals surface area contributed by atoms with Gasteiger partial charge in [-0.15, -0.1) is 0 Å². The standard InChI is InChI=1S/C11H12ClN3O3S2/c1-7-10(19-11(12)15-7)20(16,17)14-6-8-4-3-5-13-9(8)18-2/h3-5,14H,6H2,1-2H3. The summed E-state index contributed by atoms with van der Waals surface area (Å²) >= 11 is 6.65. The molecule has 2 rings (SSSR count). The molecule has 20 heavy (non-hydrogen) atoms. The zero-order chi connectivity index (χ0) is 14.8. The van der Waals surface area contributed by atoms with Crippen LogP contribution in [0.15, 0.2) is 22.5 Å². The van der Waals surface area contributed by atoms with E-state index in [0.717, 1.165) is 11.3 Å². The molecular formula is C11H12ClN3O3S2. The van der Waals surface area contributed by atoms with Crippen LogP contribution in [-0.2, 0) is 16.6 Å². The first-order chi connectivity index (χ1) is 9.44. The van der Waals surface area contributed by atoms with Gasteiger partial charge in [0.05, 0.1) is 12.8 Å². The zero-order valence-electron chi connectivity index (χ0n) is 10.8. The molecule has 0 atom stereocenters. The van der Waals surface area contributed by atoms with Crippen molar-refractivity contribution in [1.82, 2.24) is 14.7 Å². The molecule has 0 unspecified atom stereocenters. The maximum Gasteiger partial charge on any atom is 0.252 e. The molecule has 0 saturated carbocycles. The molecule has 0 aliphatic carbocycles. The Bertz CT molecular complexity index is 715. The largest absolute Gasteiger partial charge is 0.481 e. The number of ether oxygens (including phenoxy) is 1. The SMILES string of the molecule is COc1ncccc1CNS(=O)(=O)c1sc(Cl)nc1C. The van der Waals surface area contributed by atoms with Gasteiger partial charge in [0.1, 0.15) is 0 Å². The Hall–Kier alpha value is -1.22. The number of sulfonamides is 1. The number of hydrogen-bond acceptors (Lipinski definition) is 6. The Morgan fingerprint density at radius 1 is 1.50 bits per heavy atom. The van der Waals surface area contributed by atoms with E-state index in [1.54, 1.807) is 25.3 Å². The number of aryl methyl sites for hydroxylation is 1. The van der Waals surface area contributed by atoms with Crippen LogP contribution in [0.1, 0.15) is 11.3 Å². The van der Waals surface area contributed by atoms with Gasteiger partial charge in [-0.2, -0.15) is 0 Å². The van der Waals surface area contributed by atoms with Gasteiger partial charge in [0, 0.05) is 18.3 Å². The molecule has 2 aromatic rings. The van der Waals surface area contributed by atoms with Crippen molar-refractivity contribution in [3.8, 4) is 5.88 Å². The van der Waals surface area contributed by atoms with Crippen LogP contribution in [-0.4, -0.2) is 25.5 Å². The third-order valence-corrected chi connectivity index (χ3v) is 5.74. The predicted octanol–water partition coefficient (Wildman–Crippen LogP) is 1.99. The summed E-state index contributed by atoms with van der Waals surface area (Å²) in [6.45, 7) is 1.68. The van der Waals surface area contributed by atoms with Crippen molar-refractivity contribution in [3.05, 3.63) is 34.1 Å². The van der Waals surface area contributed by atoms with Crippen molar-refractivity contribution in [1.29, 1.82) is 0 Å². The Morgan fingerprint density at radius 2 is 2.25 bits per heavy atom. The lowest BCUT2D eigenvalue weighted by molar-refractivity contribution is 0.392. The fourth-order valence-corrected chi connectivity index (χ4v) is 4.37. The van der Waals surface area contributed by atoms with Gasteiger partial charge in [0.2, 0.25) is 5.88 Å². The molecule has 0 spiro atoms. The summed E-state index contributed by atoms with van der Waals surface area (Å²) in [5, 5.41) is 0. The molecule has 0 aromatic carbocycles. The van der Waals surface area contributed by atoms with Crippen LogP contribution in [0.2, 0.25) is 4.47 Å². The summed E-state index contributed by atoms with van der Waals surface area (Å²) in [5.41, 5.74) is 1.03. The summed E-state index contributed by atoms with van der Waals surface area (Å²) in [6, 6.07) is 3.45. The molecule has 108 valence electrons. The van der Waals surface area contributed by atoms with Gasteiger partial charge < -0.3 is 4.74 Å². The zero-order valence-corrected chi connectivity index (χ0v) is 13.1. The Balaban J connectivity index is 2.20. The van der Waals surface area contributed by atoms with E-state index < -0.39 is 10.0 Å². The van der Waals surface area contributed by atoms with Gasteiger partial charge >= 0.3 is 0 Å². The van der Waals surface area contributed by atoms with E-state index in [2.05, 4.69) is 14.7 Å². The fourth-order valence-electron chi connectivity index (χ4n) is 1.58. The third kappa shape index (κ3) is 3.26. The van der Waals surface area contributed by atoms with E-state index >= 15 is 0 Å². The topological polar surface area (TPSA) is 81.2 Å². The molecule has 0 amide bonds. The predicted molar refractivity (Wildman–Crippen MR) is 76.7 cm³/mol. The molecular weight excluding hydrogens is 322 g/mol. The average Bonchev–Trinajstić information content (AvgIpc) is 2.76. The number of pyridine rings is 1. The lowest BCUT2D eigenvalue weighted by Crippen LogP contribution is -2.23. The summed E-state index contributed by atoms with van der Waals surface area (Å²) in [5.74, 6) is 0.384. The van der Waals surface area contributed by atoms with Crippen molar-refractivity contribution in [2.24, 2.45) is 0 Å². The van der Waals surface area contributed by atoms with E-state index in [-0.39, 0.29) is 15.2 Å². The van der Waals surface area contributed by atoms with Crippen LogP contribution in [0.4, 0.5) is 0 Å². The maximum absolute atomic E-state index is 12.2. The number of aromatic nitrogens is 2. The van der Waals surface area contributed by atoms with E-state index in [4.69, 9.17) is 16.3 Å². The number of nitrogens with zero attached hydrogens (tertiary/aromatic N) is 2. The highest BCUT2D eigenvalue weighted by Crippen LogP contribution is 2.26. The third-order valence-electron chi connectivity index (χ3n) is 2.47. The normalized spacial score (nSPS) is 11.6. The first kappa shape index (κ1) is 15.2. The molecule has 1 N–H and O–H groups in total. The molecule has 6 nitrogen and oxygen atoms in total. The van der Waals surface area contributed by atoms with Crippen LogP contribution in [0.3, 0.4) is 0 Å². The molecule has 0 aliphatic rings. The van der Waals surface area contributed by atoms with E-state index in [1.165, 1.54) is 7.11 Å². The quantitative estimate of drug-likeness (QED) is 0.905. The van der Waals surface area contributed by atoms with Crippen LogP contribution in [0.5, 0.6) is 5.88 Å². The number of methoxy groups -OCH3 is 1. The molecule has 0 bridgehead atoms. The second kappa shape index (κ2) is 6.04. The van der Waals surface area contributed by atoms with E-state index in [9.17, 15) is 8.42 Å². The van der Waals surface area contributed by atoms with Gasteiger partial charge in [-0.05, 0) is 13.0 Å². The lowest BCUT2D eigenvalue weighted by Gasteiger charge is -2.08. The van der Waals surface area contributed by atoms with Crippen LogP contribution < -0.4 is 9.46 Å². The lowest BCUT2D eigenvalue weighted by atomic mass is 10.3. The van der Waals surface area contributed by atoms with Crippen molar-refractivity contribution in [3.63, 3.8) is 0 Å². The summed E-state index contributed by atoms with van der Waals surface area (Å²) in [7, 11) is -2.18. The number of rotatable bonds is 5. The number of hydrogen-bond donors (Lipinski definition) is 1. The van der Waals surface area contributed by atoms with Crippen molar-refractivity contribution in [2.75, 3.05) is 7.11 Å². The summed E-state index contributed by atoms with van der Waals surface area (Å²) in [4.78, 5) is 7.90. The minimum atomic E-state index is -3.66. The van der Waals surface area contributed by atoms with Gasteiger partial charge in [-0.1, -0.05) is 29.0 Å². The molecule has 0 aliphatic heterocycles. The highest BCUT2D eigenvalue weighted by molar-refractivity contribution is 7.91. The van der Waals surface area contributed by atoms with Crippen molar-refractivity contribution in [2.45, 2.75) is 17.7 Å². The molecule has 0 fully saturated rings. The highest BCUT2D eigenvalue weighted by Gasteiger charge is 2.21. The monoisotopic (exact) mass is 333 g/mol. The van der Waals surface area contributed by atoms with Crippen LogP contribution in [0.25, 0.3) is 0 Å². The average molecular weight is 334 g/mol. The fraction of sp³-hybridized carbons (Fsp3) is 0.273. The number of thiazole rings is 1. The second-order valence-corrected chi connectivity index (χ2v) is 7.38. The number of nitrogens with one attached hydrogen (secondary N) is 1. The first-order valence-corrected chi connectivity index (χ1v) is 8.22. The van der Waals surface area contributed by atoms with E-state index in [0.29, 0.717) is 17.1 Å². The highest BCUT2D eigenvalue weighted by atomic mass is 35.5. The Labute approximate surface area is 125 Å². The maximum atomic E-state index is 12.2. The molecule has 9 heteroatoms. The van der Waals surface area contributed by atoms with Gasteiger partial charge in [-0.25, -0.2) is 23.1 Å². The minimum Gasteiger partial charge on any atom is -0.481 e. The molecule has 0 saturated heterocycles. The van der Waals surface area contributed by atoms with Gasteiger partial charge in [0.25, 0.3) is 10.0 Å².